The molecule has 0 saturated heterocycles. The zero-order valence-corrected chi connectivity index (χ0v) is 15.0. The van der Waals surface area contributed by atoms with Crippen molar-refractivity contribution in [2.24, 2.45) is 0 Å². The summed E-state index contributed by atoms with van der Waals surface area (Å²) in [4.78, 5) is 23.0. The number of amides is 1. The first kappa shape index (κ1) is 21.4. The summed E-state index contributed by atoms with van der Waals surface area (Å²) in [6.07, 6.45) is -6.48. The highest BCUT2D eigenvalue weighted by Crippen LogP contribution is 2.37. The van der Waals surface area contributed by atoms with Gasteiger partial charge in [-0.05, 0) is 38.5 Å². The van der Waals surface area contributed by atoms with Gasteiger partial charge in [0.05, 0.1) is 15.6 Å². The van der Waals surface area contributed by atoms with Gasteiger partial charge in [0, 0.05) is 6.42 Å². The molecule has 1 amide bonds. The lowest BCUT2D eigenvalue weighted by atomic mass is 9.99. The van der Waals surface area contributed by atoms with Gasteiger partial charge in [0.1, 0.15) is 11.6 Å². The second-order valence-electron chi connectivity index (χ2n) is 6.16. The number of hydrogen-bond acceptors (Lipinski definition) is 3. The Hall–Kier alpha value is -1.67. The van der Waals surface area contributed by atoms with Crippen LogP contribution in [-0.2, 0) is 22.1 Å². The molecule has 10 heteroatoms. The topological polar surface area (TPSA) is 75.6 Å². The molecule has 1 unspecified atom stereocenters. The Labute approximate surface area is 152 Å². The summed E-state index contributed by atoms with van der Waals surface area (Å²) in [5, 5.41) is 10.7. The molecule has 0 aliphatic heterocycles. The van der Waals surface area contributed by atoms with E-state index in [9.17, 15) is 27.9 Å². The van der Waals surface area contributed by atoms with Crippen molar-refractivity contribution in [2.75, 3.05) is 0 Å². The highest BCUT2D eigenvalue weighted by Gasteiger charge is 2.36. The molecule has 2 N–H and O–H groups in total. The summed E-state index contributed by atoms with van der Waals surface area (Å²) in [7, 11) is 0. The van der Waals surface area contributed by atoms with Crippen LogP contribution in [0.5, 0.6) is 0 Å². The van der Waals surface area contributed by atoms with Gasteiger partial charge < -0.3 is 15.2 Å². The molecule has 0 fully saturated rings. The van der Waals surface area contributed by atoms with Crippen LogP contribution in [0.25, 0.3) is 0 Å². The van der Waals surface area contributed by atoms with Crippen LogP contribution in [0.3, 0.4) is 0 Å². The minimum atomic E-state index is -4.77. The average molecular weight is 402 g/mol. The Morgan fingerprint density at radius 3 is 2.16 bits per heavy atom. The Morgan fingerprint density at radius 2 is 1.72 bits per heavy atom. The van der Waals surface area contributed by atoms with Gasteiger partial charge in [-0.1, -0.05) is 23.2 Å². The van der Waals surface area contributed by atoms with E-state index in [4.69, 9.17) is 27.9 Å². The molecular weight excluding hydrogens is 386 g/mol. The molecule has 0 radical (unpaired) electrons. The zero-order valence-electron chi connectivity index (χ0n) is 13.5. The van der Waals surface area contributed by atoms with Crippen LogP contribution in [0.4, 0.5) is 18.0 Å². The molecule has 140 valence electrons. The summed E-state index contributed by atoms with van der Waals surface area (Å²) in [6, 6.07) is -0.0985. The smallest absolute Gasteiger partial charge is 0.416 e. The van der Waals surface area contributed by atoms with Gasteiger partial charge in [-0.25, -0.2) is 9.59 Å². The Kier molecular flexibility index (Phi) is 6.58. The Bertz CT molecular complexity index is 672. The van der Waals surface area contributed by atoms with Crippen molar-refractivity contribution >= 4 is 35.3 Å². The molecule has 0 bridgehead atoms. The maximum Gasteiger partial charge on any atom is 0.416 e. The zero-order chi connectivity index (χ0) is 19.6. The fourth-order valence-corrected chi connectivity index (χ4v) is 2.24. The fraction of sp³-hybridized carbons (Fsp3) is 0.467. The number of aliphatic carboxylic acids is 1. The first-order valence-corrected chi connectivity index (χ1v) is 7.73. The molecule has 0 aliphatic carbocycles. The molecule has 0 heterocycles. The number of nitrogens with one attached hydrogen (secondary N) is 1. The molecule has 5 nitrogen and oxygen atoms in total. The van der Waals surface area contributed by atoms with Gasteiger partial charge in [-0.2, -0.15) is 13.2 Å². The number of benzene rings is 1. The molecule has 1 aromatic rings. The number of carbonyl (C=O) groups is 2. The van der Waals surface area contributed by atoms with Crippen molar-refractivity contribution in [2.45, 2.75) is 45.0 Å². The molecule has 25 heavy (non-hydrogen) atoms. The van der Waals surface area contributed by atoms with Crippen molar-refractivity contribution in [3.63, 3.8) is 0 Å². The molecule has 0 saturated carbocycles. The van der Waals surface area contributed by atoms with E-state index in [0.29, 0.717) is 6.07 Å². The van der Waals surface area contributed by atoms with Crippen LogP contribution in [0, 0.1) is 0 Å². The average Bonchev–Trinajstić information content (AvgIpc) is 2.38. The molecule has 1 rings (SSSR count). The second kappa shape index (κ2) is 7.70. The monoisotopic (exact) mass is 401 g/mol. The van der Waals surface area contributed by atoms with Crippen LogP contribution < -0.4 is 5.32 Å². The molecule has 0 aromatic heterocycles. The number of ether oxygens (including phenoxy) is 1. The first-order chi connectivity index (χ1) is 11.2. The minimum Gasteiger partial charge on any atom is -0.480 e. The standard InChI is InChI=1S/C15H16Cl2F3NO4/c1-14(2,3)25-13(24)21-11(12(22)23)5-7-4-9(16)10(17)6-8(7)15(18,19)20/h4,6,11H,5H2,1-3H3,(H,21,24)(H,22,23). The molecule has 0 spiro atoms. The normalized spacial score (nSPS) is 13.3. The summed E-state index contributed by atoms with van der Waals surface area (Å²) in [6.45, 7) is 4.68. The lowest BCUT2D eigenvalue weighted by Crippen LogP contribution is -2.44. The third kappa shape index (κ3) is 6.62. The third-order valence-corrected chi connectivity index (χ3v) is 3.59. The molecule has 1 aromatic carbocycles. The fourth-order valence-electron chi connectivity index (χ4n) is 1.89. The maximum absolute atomic E-state index is 13.1. The number of alkyl carbamates (subject to hydrolysis) is 1. The van der Waals surface area contributed by atoms with Gasteiger partial charge in [0.25, 0.3) is 0 Å². The van der Waals surface area contributed by atoms with E-state index < -0.39 is 47.4 Å². The highest BCUT2D eigenvalue weighted by atomic mass is 35.5. The van der Waals surface area contributed by atoms with Crippen molar-refractivity contribution in [1.82, 2.24) is 5.32 Å². The van der Waals surface area contributed by atoms with Crippen LogP contribution in [0.2, 0.25) is 10.0 Å². The van der Waals surface area contributed by atoms with Gasteiger partial charge in [-0.15, -0.1) is 0 Å². The van der Waals surface area contributed by atoms with Crippen LogP contribution >= 0.6 is 23.2 Å². The van der Waals surface area contributed by atoms with Crippen LogP contribution in [-0.4, -0.2) is 28.8 Å². The van der Waals surface area contributed by atoms with E-state index in [-0.39, 0.29) is 10.0 Å². The van der Waals surface area contributed by atoms with E-state index in [1.54, 1.807) is 20.8 Å². The van der Waals surface area contributed by atoms with Crippen molar-refractivity contribution in [3.8, 4) is 0 Å². The minimum absolute atomic E-state index is 0.161. The first-order valence-electron chi connectivity index (χ1n) is 6.98. The quantitative estimate of drug-likeness (QED) is 0.776. The van der Waals surface area contributed by atoms with E-state index >= 15 is 0 Å². The van der Waals surface area contributed by atoms with Crippen molar-refractivity contribution < 1.29 is 32.6 Å². The SMILES string of the molecule is CC(C)(C)OC(=O)NC(Cc1cc(Cl)c(Cl)cc1C(F)(F)F)C(=O)O. The number of carboxylic acids is 1. The van der Waals surface area contributed by atoms with Crippen molar-refractivity contribution in [3.05, 3.63) is 33.3 Å². The number of carboxylic acid groups (broad SMARTS) is 1. The van der Waals surface area contributed by atoms with Crippen LogP contribution in [0.1, 0.15) is 31.9 Å². The number of halogens is 5. The summed E-state index contributed by atoms with van der Waals surface area (Å²) in [5.74, 6) is -1.52. The van der Waals surface area contributed by atoms with E-state index in [0.717, 1.165) is 6.07 Å². The van der Waals surface area contributed by atoms with Gasteiger partial charge in [0.15, 0.2) is 0 Å². The van der Waals surface area contributed by atoms with E-state index in [2.05, 4.69) is 0 Å². The molecule has 1 atom stereocenters. The predicted octanol–water partition coefficient (Wildman–Crippen LogP) is 4.53. The predicted molar refractivity (Wildman–Crippen MR) is 86.0 cm³/mol. The number of carbonyl (C=O) groups excluding carboxylic acids is 1. The lowest BCUT2D eigenvalue weighted by molar-refractivity contribution is -0.141. The van der Waals surface area contributed by atoms with Gasteiger partial charge >= 0.3 is 18.2 Å². The van der Waals surface area contributed by atoms with E-state index in [1.165, 1.54) is 0 Å². The molecule has 0 aliphatic rings. The highest BCUT2D eigenvalue weighted by molar-refractivity contribution is 6.42. The summed E-state index contributed by atoms with van der Waals surface area (Å²) < 4.78 is 44.3. The Morgan fingerprint density at radius 1 is 1.20 bits per heavy atom. The van der Waals surface area contributed by atoms with Gasteiger partial charge in [0.2, 0.25) is 0 Å². The largest absolute Gasteiger partial charge is 0.480 e. The number of rotatable bonds is 4. The van der Waals surface area contributed by atoms with Crippen molar-refractivity contribution in [1.29, 1.82) is 0 Å². The summed E-state index contributed by atoms with van der Waals surface area (Å²) in [5.41, 5.74) is -2.43. The maximum atomic E-state index is 13.1. The van der Waals surface area contributed by atoms with Crippen LogP contribution in [0.15, 0.2) is 12.1 Å². The number of hydrogen-bond donors (Lipinski definition) is 2. The third-order valence-electron chi connectivity index (χ3n) is 2.86. The lowest BCUT2D eigenvalue weighted by Gasteiger charge is -2.23. The number of alkyl halides is 3. The Balaban J connectivity index is 3.12. The molecular formula is C15H16Cl2F3NO4. The van der Waals surface area contributed by atoms with E-state index in [1.807, 2.05) is 5.32 Å². The van der Waals surface area contributed by atoms with Gasteiger partial charge in [-0.3, -0.25) is 0 Å². The second-order valence-corrected chi connectivity index (χ2v) is 6.98. The summed E-state index contributed by atoms with van der Waals surface area (Å²) >= 11 is 11.3.